The highest BCUT2D eigenvalue weighted by Crippen LogP contribution is 2.35. The Labute approximate surface area is 128 Å². The number of aliphatic carboxylic acids is 1. The number of carboxylic acid groups (broad SMARTS) is 1. The van der Waals surface area contributed by atoms with Crippen molar-refractivity contribution in [1.82, 2.24) is 4.90 Å². The van der Waals surface area contributed by atoms with Gasteiger partial charge < -0.3 is 5.11 Å². The monoisotopic (exact) mass is 331 g/mol. The topological polar surface area (TPSA) is 74.7 Å². The van der Waals surface area contributed by atoms with E-state index >= 15 is 0 Å². The number of nitrogens with zero attached hydrogens (tertiary/aromatic N) is 1. The van der Waals surface area contributed by atoms with Crippen molar-refractivity contribution in [3.05, 3.63) is 38.7 Å². The minimum absolute atomic E-state index is 0.0891. The second-order valence-electron chi connectivity index (χ2n) is 3.80. The van der Waals surface area contributed by atoms with Gasteiger partial charge in [0.15, 0.2) is 0 Å². The summed E-state index contributed by atoms with van der Waals surface area (Å²) in [6.07, 6.45) is 1.39. The van der Waals surface area contributed by atoms with Crippen LogP contribution < -0.4 is 0 Å². The van der Waals surface area contributed by atoms with Crippen LogP contribution in [0, 0.1) is 0 Å². The zero-order chi connectivity index (χ0) is 14.9. The van der Waals surface area contributed by atoms with Gasteiger partial charge in [-0.3, -0.25) is 19.3 Å². The molecule has 2 rings (SSSR count). The molecule has 0 aromatic heterocycles. The van der Waals surface area contributed by atoms with Crippen LogP contribution in [-0.4, -0.2) is 33.7 Å². The van der Waals surface area contributed by atoms with Crippen molar-refractivity contribution < 1.29 is 19.5 Å². The number of hydrogen-bond donors (Lipinski definition) is 1. The van der Waals surface area contributed by atoms with Crippen molar-refractivity contribution in [3.8, 4) is 0 Å². The van der Waals surface area contributed by atoms with Gasteiger partial charge in [0.25, 0.3) is 11.1 Å². The molecular weight excluding hydrogens is 325 g/mol. The summed E-state index contributed by atoms with van der Waals surface area (Å²) >= 11 is 12.6. The molecular formula is C12H7Cl2NO4S. The standard InChI is InChI=1S/C12H7Cl2NO4S/c13-7-2-1-3-8(14)6(7)4-9-11(18)15(5-10(16)17)12(19)20-9/h1-4H,5H2,(H,16,17)/b9-4-. The SMILES string of the molecule is O=C(O)CN1C(=O)S/C(=C\c2c(Cl)cccc2Cl)C1=O. The Bertz CT molecular complexity index is 624. The van der Waals surface area contributed by atoms with Crippen molar-refractivity contribution in [3.63, 3.8) is 0 Å². The minimum Gasteiger partial charge on any atom is -0.480 e. The first-order chi connectivity index (χ1) is 9.40. The highest BCUT2D eigenvalue weighted by molar-refractivity contribution is 8.18. The highest BCUT2D eigenvalue weighted by Gasteiger charge is 2.36. The largest absolute Gasteiger partial charge is 0.480 e. The lowest BCUT2D eigenvalue weighted by Gasteiger charge is -2.08. The molecule has 1 N–H and O–H groups in total. The van der Waals surface area contributed by atoms with Crippen molar-refractivity contribution in [2.75, 3.05) is 6.54 Å². The summed E-state index contributed by atoms with van der Waals surface area (Å²) in [6, 6.07) is 4.85. The zero-order valence-corrected chi connectivity index (χ0v) is 12.1. The lowest BCUT2D eigenvalue weighted by molar-refractivity contribution is -0.140. The summed E-state index contributed by atoms with van der Waals surface area (Å²) in [4.78, 5) is 34.9. The Morgan fingerprint density at radius 1 is 1.30 bits per heavy atom. The highest BCUT2D eigenvalue weighted by atomic mass is 35.5. The number of carbonyl (C=O) groups excluding carboxylic acids is 2. The summed E-state index contributed by atoms with van der Waals surface area (Å²) < 4.78 is 0. The molecule has 1 aliphatic rings. The lowest BCUT2D eigenvalue weighted by Crippen LogP contribution is -2.33. The second-order valence-corrected chi connectivity index (χ2v) is 5.60. The van der Waals surface area contributed by atoms with E-state index in [0.29, 0.717) is 32.3 Å². The van der Waals surface area contributed by atoms with E-state index in [2.05, 4.69) is 0 Å². The predicted molar refractivity (Wildman–Crippen MR) is 76.8 cm³/mol. The van der Waals surface area contributed by atoms with E-state index in [1.54, 1.807) is 18.2 Å². The van der Waals surface area contributed by atoms with Crippen LogP contribution in [0.25, 0.3) is 6.08 Å². The van der Waals surface area contributed by atoms with Gasteiger partial charge in [-0.1, -0.05) is 29.3 Å². The fourth-order valence-electron chi connectivity index (χ4n) is 1.55. The van der Waals surface area contributed by atoms with Crippen LogP contribution in [0.3, 0.4) is 0 Å². The van der Waals surface area contributed by atoms with Gasteiger partial charge in [-0.2, -0.15) is 0 Å². The Hall–Kier alpha value is -1.50. The lowest BCUT2D eigenvalue weighted by atomic mass is 10.2. The number of imide groups is 1. The van der Waals surface area contributed by atoms with E-state index in [4.69, 9.17) is 28.3 Å². The first-order valence-electron chi connectivity index (χ1n) is 5.31. The van der Waals surface area contributed by atoms with Crippen LogP contribution in [0.15, 0.2) is 23.1 Å². The van der Waals surface area contributed by atoms with Crippen molar-refractivity contribution >= 4 is 58.2 Å². The normalized spacial score (nSPS) is 17.1. The third kappa shape index (κ3) is 2.98. The Morgan fingerprint density at radius 2 is 1.90 bits per heavy atom. The molecule has 1 saturated heterocycles. The molecule has 0 bridgehead atoms. The fraction of sp³-hybridized carbons (Fsp3) is 0.0833. The number of benzene rings is 1. The molecule has 2 amide bonds. The Morgan fingerprint density at radius 3 is 2.45 bits per heavy atom. The van der Waals surface area contributed by atoms with Gasteiger partial charge in [-0.15, -0.1) is 0 Å². The van der Waals surface area contributed by atoms with E-state index in [9.17, 15) is 14.4 Å². The smallest absolute Gasteiger partial charge is 0.323 e. The van der Waals surface area contributed by atoms with Gasteiger partial charge in [-0.05, 0) is 30.0 Å². The fourth-order valence-corrected chi connectivity index (χ4v) is 2.88. The number of amides is 2. The van der Waals surface area contributed by atoms with Gasteiger partial charge in [0.05, 0.1) is 4.91 Å². The van der Waals surface area contributed by atoms with Crippen molar-refractivity contribution in [1.29, 1.82) is 0 Å². The van der Waals surface area contributed by atoms with Gasteiger partial charge in [-0.25, -0.2) is 0 Å². The molecule has 104 valence electrons. The quantitative estimate of drug-likeness (QED) is 0.861. The number of carbonyl (C=O) groups is 3. The molecule has 0 spiro atoms. The minimum atomic E-state index is -1.26. The van der Waals surface area contributed by atoms with E-state index in [0.717, 1.165) is 0 Å². The van der Waals surface area contributed by atoms with E-state index in [1.807, 2.05) is 0 Å². The first kappa shape index (κ1) is 14.9. The van der Waals surface area contributed by atoms with Crippen LogP contribution in [0.5, 0.6) is 0 Å². The molecule has 1 aliphatic heterocycles. The van der Waals surface area contributed by atoms with E-state index in [1.165, 1.54) is 6.08 Å². The maximum atomic E-state index is 11.9. The van der Waals surface area contributed by atoms with Crippen molar-refractivity contribution in [2.24, 2.45) is 0 Å². The molecule has 5 nitrogen and oxygen atoms in total. The molecule has 1 heterocycles. The summed E-state index contributed by atoms with van der Waals surface area (Å²) in [5.74, 6) is -1.93. The van der Waals surface area contributed by atoms with Gasteiger partial charge in [0, 0.05) is 15.6 Å². The van der Waals surface area contributed by atoms with E-state index < -0.39 is 23.7 Å². The van der Waals surface area contributed by atoms with Crippen LogP contribution >= 0.6 is 35.0 Å². The number of carboxylic acids is 1. The van der Waals surface area contributed by atoms with Crippen LogP contribution in [0.1, 0.15) is 5.56 Å². The molecule has 0 atom stereocenters. The third-order valence-electron chi connectivity index (χ3n) is 2.44. The maximum absolute atomic E-state index is 11.9. The molecule has 0 aliphatic carbocycles. The third-order valence-corrected chi connectivity index (χ3v) is 4.01. The second kappa shape index (κ2) is 5.87. The summed E-state index contributed by atoms with van der Waals surface area (Å²) in [6.45, 7) is -0.668. The van der Waals surface area contributed by atoms with Gasteiger partial charge in [0.1, 0.15) is 6.54 Å². The van der Waals surface area contributed by atoms with E-state index in [-0.39, 0.29) is 4.91 Å². The zero-order valence-electron chi connectivity index (χ0n) is 9.80. The Balaban J connectivity index is 2.35. The summed E-state index contributed by atoms with van der Waals surface area (Å²) in [5, 5.41) is 8.70. The molecule has 0 radical (unpaired) electrons. The summed E-state index contributed by atoms with van der Waals surface area (Å²) in [5.41, 5.74) is 0.414. The molecule has 1 aromatic rings. The van der Waals surface area contributed by atoms with Crippen LogP contribution in [0.4, 0.5) is 4.79 Å². The first-order valence-corrected chi connectivity index (χ1v) is 6.88. The molecule has 1 fully saturated rings. The van der Waals surface area contributed by atoms with Crippen LogP contribution in [0.2, 0.25) is 10.0 Å². The van der Waals surface area contributed by atoms with Gasteiger partial charge in [0.2, 0.25) is 0 Å². The summed E-state index contributed by atoms with van der Waals surface area (Å²) in [7, 11) is 0. The number of hydrogen-bond acceptors (Lipinski definition) is 4. The molecule has 1 aromatic carbocycles. The molecule has 8 heteroatoms. The maximum Gasteiger partial charge on any atom is 0.323 e. The van der Waals surface area contributed by atoms with Crippen LogP contribution in [-0.2, 0) is 9.59 Å². The number of thioether (sulfide) groups is 1. The molecule has 0 saturated carbocycles. The molecule has 20 heavy (non-hydrogen) atoms. The predicted octanol–water partition coefficient (Wildman–Crippen LogP) is 3.11. The van der Waals surface area contributed by atoms with Gasteiger partial charge >= 0.3 is 5.97 Å². The average molecular weight is 332 g/mol. The average Bonchev–Trinajstić information content (AvgIpc) is 2.61. The number of halogens is 2. The molecule has 0 unspecified atom stereocenters. The Kier molecular flexibility index (Phi) is 4.37. The number of rotatable bonds is 3. The van der Waals surface area contributed by atoms with Crippen molar-refractivity contribution in [2.45, 2.75) is 0 Å².